The van der Waals surface area contributed by atoms with Crippen LogP contribution in [0.2, 0.25) is 0 Å². The van der Waals surface area contributed by atoms with E-state index in [4.69, 9.17) is 9.84 Å². The van der Waals surface area contributed by atoms with Crippen molar-refractivity contribution in [3.63, 3.8) is 0 Å². The molecule has 110 valence electrons. The van der Waals surface area contributed by atoms with Gasteiger partial charge in [-0.15, -0.1) is 0 Å². The molecule has 0 aliphatic rings. The summed E-state index contributed by atoms with van der Waals surface area (Å²) < 4.78 is 18.6. The van der Waals surface area contributed by atoms with Crippen molar-refractivity contribution in [1.29, 1.82) is 0 Å². The zero-order chi connectivity index (χ0) is 15.2. The standard InChI is InChI=1S/C17H17FO3/c1-12-2-8-16(14(10-12)5-9-17(19)20)21-11-13-3-6-15(18)7-4-13/h2-4,6-8,10H,5,9,11H2,1H3,(H,19,20). The van der Waals surface area contributed by atoms with Gasteiger partial charge in [0.05, 0.1) is 0 Å². The maximum atomic E-state index is 12.8. The van der Waals surface area contributed by atoms with E-state index in [1.807, 2.05) is 25.1 Å². The average Bonchev–Trinajstić information content (AvgIpc) is 2.45. The van der Waals surface area contributed by atoms with Crippen LogP contribution in [0, 0.1) is 12.7 Å². The first-order valence-electron chi connectivity index (χ1n) is 6.73. The Morgan fingerprint density at radius 3 is 2.57 bits per heavy atom. The minimum atomic E-state index is -0.832. The summed E-state index contributed by atoms with van der Waals surface area (Å²) in [6.07, 6.45) is 0.492. The maximum absolute atomic E-state index is 12.8. The maximum Gasteiger partial charge on any atom is 0.303 e. The fraction of sp³-hybridized carbons (Fsp3) is 0.235. The molecule has 0 spiro atoms. The normalized spacial score (nSPS) is 10.4. The highest BCUT2D eigenvalue weighted by Crippen LogP contribution is 2.23. The molecule has 0 amide bonds. The number of ether oxygens (including phenoxy) is 1. The predicted molar refractivity (Wildman–Crippen MR) is 77.9 cm³/mol. The van der Waals surface area contributed by atoms with Crippen molar-refractivity contribution in [3.05, 3.63) is 65.0 Å². The molecule has 0 radical (unpaired) electrons. The molecule has 0 atom stereocenters. The number of carbonyl (C=O) groups is 1. The van der Waals surface area contributed by atoms with Crippen molar-refractivity contribution in [2.75, 3.05) is 0 Å². The first-order valence-corrected chi connectivity index (χ1v) is 6.73. The Morgan fingerprint density at radius 2 is 1.90 bits per heavy atom. The summed E-state index contributed by atoms with van der Waals surface area (Å²) in [7, 11) is 0. The van der Waals surface area contributed by atoms with Crippen molar-refractivity contribution in [1.82, 2.24) is 0 Å². The van der Waals surface area contributed by atoms with E-state index in [1.165, 1.54) is 12.1 Å². The molecule has 4 heteroatoms. The number of hydrogen-bond acceptors (Lipinski definition) is 2. The molecule has 0 fully saturated rings. The Balaban J connectivity index is 2.07. The second kappa shape index (κ2) is 6.88. The zero-order valence-electron chi connectivity index (χ0n) is 11.8. The number of carboxylic acids is 1. The first-order chi connectivity index (χ1) is 10.0. The lowest BCUT2D eigenvalue weighted by Gasteiger charge is -2.12. The van der Waals surface area contributed by atoms with Gasteiger partial charge < -0.3 is 9.84 Å². The predicted octanol–water partition coefficient (Wildman–Crippen LogP) is 3.73. The molecule has 0 saturated carbocycles. The van der Waals surface area contributed by atoms with Crippen molar-refractivity contribution in [2.45, 2.75) is 26.4 Å². The van der Waals surface area contributed by atoms with E-state index in [-0.39, 0.29) is 12.2 Å². The van der Waals surface area contributed by atoms with Crippen LogP contribution in [-0.2, 0) is 17.8 Å². The minimum absolute atomic E-state index is 0.0658. The van der Waals surface area contributed by atoms with Gasteiger partial charge in [0.2, 0.25) is 0 Å². The van der Waals surface area contributed by atoms with Crippen LogP contribution in [0.3, 0.4) is 0 Å². The lowest BCUT2D eigenvalue weighted by atomic mass is 10.1. The quantitative estimate of drug-likeness (QED) is 0.881. The molecule has 1 N–H and O–H groups in total. The fourth-order valence-corrected chi connectivity index (χ4v) is 2.03. The zero-order valence-corrected chi connectivity index (χ0v) is 11.8. The van der Waals surface area contributed by atoms with E-state index < -0.39 is 5.97 Å². The highest BCUT2D eigenvalue weighted by molar-refractivity contribution is 5.67. The molecule has 21 heavy (non-hydrogen) atoms. The SMILES string of the molecule is Cc1ccc(OCc2ccc(F)cc2)c(CCC(=O)O)c1. The lowest BCUT2D eigenvalue weighted by molar-refractivity contribution is -0.136. The number of aryl methyl sites for hydroxylation is 2. The van der Waals surface area contributed by atoms with Gasteiger partial charge >= 0.3 is 5.97 Å². The van der Waals surface area contributed by atoms with Gasteiger partial charge in [0, 0.05) is 6.42 Å². The molecular weight excluding hydrogens is 271 g/mol. The van der Waals surface area contributed by atoms with Crippen LogP contribution in [-0.4, -0.2) is 11.1 Å². The molecule has 2 rings (SSSR count). The minimum Gasteiger partial charge on any atom is -0.489 e. The van der Waals surface area contributed by atoms with E-state index in [1.54, 1.807) is 12.1 Å². The Morgan fingerprint density at radius 1 is 1.19 bits per heavy atom. The molecule has 0 bridgehead atoms. The van der Waals surface area contributed by atoms with Crippen molar-refractivity contribution in [2.24, 2.45) is 0 Å². The molecule has 0 aliphatic heterocycles. The van der Waals surface area contributed by atoms with Gasteiger partial charge in [0.15, 0.2) is 0 Å². The van der Waals surface area contributed by atoms with E-state index in [0.717, 1.165) is 16.7 Å². The van der Waals surface area contributed by atoms with Gasteiger partial charge in [-0.25, -0.2) is 4.39 Å². The summed E-state index contributed by atoms with van der Waals surface area (Å²) >= 11 is 0. The summed E-state index contributed by atoms with van der Waals surface area (Å²) in [6.45, 7) is 2.28. The summed E-state index contributed by atoms with van der Waals surface area (Å²) in [6, 6.07) is 11.8. The monoisotopic (exact) mass is 288 g/mol. The second-order valence-corrected chi connectivity index (χ2v) is 4.92. The first kappa shape index (κ1) is 15.0. The largest absolute Gasteiger partial charge is 0.489 e. The molecule has 0 aromatic heterocycles. The van der Waals surface area contributed by atoms with Crippen molar-refractivity contribution >= 4 is 5.97 Å². The van der Waals surface area contributed by atoms with E-state index in [9.17, 15) is 9.18 Å². The Hall–Kier alpha value is -2.36. The molecule has 0 aliphatic carbocycles. The number of rotatable bonds is 6. The third-order valence-corrected chi connectivity index (χ3v) is 3.13. The van der Waals surface area contributed by atoms with Gasteiger partial charge in [-0.3, -0.25) is 4.79 Å². The molecule has 0 saturated heterocycles. The third-order valence-electron chi connectivity index (χ3n) is 3.13. The topological polar surface area (TPSA) is 46.5 Å². The Labute approximate surface area is 123 Å². The van der Waals surface area contributed by atoms with Crippen LogP contribution in [0.5, 0.6) is 5.75 Å². The Bertz CT molecular complexity index is 620. The second-order valence-electron chi connectivity index (χ2n) is 4.92. The number of halogens is 1. The molecule has 2 aromatic carbocycles. The highest BCUT2D eigenvalue weighted by Gasteiger charge is 2.07. The molecule has 0 unspecified atom stereocenters. The van der Waals surface area contributed by atoms with Crippen LogP contribution >= 0.6 is 0 Å². The highest BCUT2D eigenvalue weighted by atomic mass is 19.1. The fourth-order valence-electron chi connectivity index (χ4n) is 2.03. The van der Waals surface area contributed by atoms with Crippen LogP contribution in [0.1, 0.15) is 23.1 Å². The van der Waals surface area contributed by atoms with Gasteiger partial charge in [-0.1, -0.05) is 29.8 Å². The lowest BCUT2D eigenvalue weighted by Crippen LogP contribution is -2.02. The van der Waals surface area contributed by atoms with Crippen LogP contribution in [0.15, 0.2) is 42.5 Å². The van der Waals surface area contributed by atoms with Gasteiger partial charge in [-0.2, -0.15) is 0 Å². The molecule has 2 aromatic rings. The summed E-state index contributed by atoms with van der Waals surface area (Å²) in [5, 5.41) is 8.79. The van der Waals surface area contributed by atoms with Gasteiger partial charge in [-0.05, 0) is 42.7 Å². The summed E-state index contributed by atoms with van der Waals surface area (Å²) in [5.41, 5.74) is 2.80. The third kappa shape index (κ3) is 4.60. The summed E-state index contributed by atoms with van der Waals surface area (Å²) in [4.78, 5) is 10.7. The Kier molecular flexibility index (Phi) is 4.93. The molecular formula is C17H17FO3. The van der Waals surface area contributed by atoms with Crippen molar-refractivity contribution in [3.8, 4) is 5.75 Å². The van der Waals surface area contributed by atoms with Gasteiger partial charge in [0.1, 0.15) is 18.2 Å². The van der Waals surface area contributed by atoms with E-state index >= 15 is 0 Å². The van der Waals surface area contributed by atoms with E-state index in [2.05, 4.69) is 0 Å². The number of carboxylic acid groups (broad SMARTS) is 1. The smallest absolute Gasteiger partial charge is 0.303 e. The number of hydrogen-bond donors (Lipinski definition) is 1. The van der Waals surface area contributed by atoms with Crippen LogP contribution in [0.25, 0.3) is 0 Å². The molecule has 0 heterocycles. The number of benzene rings is 2. The van der Waals surface area contributed by atoms with Gasteiger partial charge in [0.25, 0.3) is 0 Å². The van der Waals surface area contributed by atoms with Crippen LogP contribution < -0.4 is 4.74 Å². The van der Waals surface area contributed by atoms with Crippen LogP contribution in [0.4, 0.5) is 4.39 Å². The van der Waals surface area contributed by atoms with Crippen molar-refractivity contribution < 1.29 is 19.0 Å². The summed E-state index contributed by atoms with van der Waals surface area (Å²) in [5.74, 6) is -0.441. The average molecular weight is 288 g/mol. The number of aliphatic carboxylic acids is 1. The molecule has 3 nitrogen and oxygen atoms in total. The van der Waals surface area contributed by atoms with E-state index in [0.29, 0.717) is 18.8 Å².